The molecule has 5 nitrogen and oxygen atoms in total. The van der Waals surface area contributed by atoms with Gasteiger partial charge in [0.1, 0.15) is 6.54 Å². The Balaban J connectivity index is 2.76. The van der Waals surface area contributed by atoms with Gasteiger partial charge in [0.05, 0.1) is 16.1 Å². The van der Waals surface area contributed by atoms with Gasteiger partial charge in [-0.05, 0) is 12.1 Å². The zero-order valence-corrected chi connectivity index (χ0v) is 8.28. The smallest absolute Gasteiger partial charge is 0.327 e. The van der Waals surface area contributed by atoms with Crippen molar-refractivity contribution in [3.63, 3.8) is 0 Å². The van der Waals surface area contributed by atoms with Crippen molar-refractivity contribution in [2.45, 2.75) is 6.54 Å². The number of carbonyl (C=O) groups is 1. The molecule has 0 aliphatic rings. The van der Waals surface area contributed by atoms with Crippen molar-refractivity contribution < 1.29 is 9.90 Å². The molecule has 0 bridgehead atoms. The van der Waals surface area contributed by atoms with Gasteiger partial charge in [-0.2, -0.15) is 0 Å². The molecule has 6 heteroatoms. The molecule has 0 radical (unpaired) electrons. The van der Waals surface area contributed by atoms with Crippen molar-refractivity contribution in [3.8, 4) is 0 Å². The van der Waals surface area contributed by atoms with Crippen LogP contribution in [0, 0.1) is 0 Å². The van der Waals surface area contributed by atoms with Crippen LogP contribution < -0.4 is 5.69 Å². The van der Waals surface area contributed by atoms with E-state index in [4.69, 9.17) is 16.7 Å². The molecule has 0 amide bonds. The first-order valence-corrected chi connectivity index (χ1v) is 4.56. The summed E-state index contributed by atoms with van der Waals surface area (Å²) in [6.45, 7) is -0.400. The third-order valence-corrected chi connectivity index (χ3v) is 2.34. The lowest BCUT2D eigenvalue weighted by Gasteiger charge is -1.99. The molecule has 0 atom stereocenters. The van der Waals surface area contributed by atoms with E-state index >= 15 is 0 Å². The Morgan fingerprint density at radius 2 is 2.27 bits per heavy atom. The van der Waals surface area contributed by atoms with Crippen LogP contribution in [0.15, 0.2) is 23.0 Å². The highest BCUT2D eigenvalue weighted by atomic mass is 35.5. The summed E-state index contributed by atoms with van der Waals surface area (Å²) in [5.74, 6) is -1.09. The van der Waals surface area contributed by atoms with Crippen LogP contribution in [0.2, 0.25) is 5.02 Å². The molecular weight excluding hydrogens is 220 g/mol. The number of H-pyrrole nitrogens is 1. The maximum Gasteiger partial charge on any atom is 0.327 e. The number of hydrogen-bond donors (Lipinski definition) is 2. The highest BCUT2D eigenvalue weighted by Crippen LogP contribution is 2.20. The maximum atomic E-state index is 11.4. The molecule has 1 heterocycles. The molecule has 0 spiro atoms. The fourth-order valence-corrected chi connectivity index (χ4v) is 1.74. The van der Waals surface area contributed by atoms with Crippen LogP contribution in [0.25, 0.3) is 11.0 Å². The molecule has 78 valence electrons. The van der Waals surface area contributed by atoms with Gasteiger partial charge < -0.3 is 10.1 Å². The molecule has 1 aromatic heterocycles. The maximum absolute atomic E-state index is 11.4. The van der Waals surface area contributed by atoms with E-state index in [1.54, 1.807) is 18.2 Å². The monoisotopic (exact) mass is 226 g/mol. The number of benzene rings is 1. The molecule has 0 fully saturated rings. The number of imidazole rings is 1. The second-order valence-electron chi connectivity index (χ2n) is 3.05. The summed E-state index contributed by atoms with van der Waals surface area (Å²) in [4.78, 5) is 24.5. The lowest BCUT2D eigenvalue weighted by atomic mass is 10.3. The summed E-state index contributed by atoms with van der Waals surface area (Å²) in [5.41, 5.74) is 0.487. The number of aliphatic carboxylic acids is 1. The first-order chi connectivity index (χ1) is 7.09. The Hall–Kier alpha value is -1.75. The summed E-state index contributed by atoms with van der Waals surface area (Å²) < 4.78 is 1.10. The summed E-state index contributed by atoms with van der Waals surface area (Å²) in [6.07, 6.45) is 0. The van der Waals surface area contributed by atoms with Crippen molar-refractivity contribution in [2.24, 2.45) is 0 Å². The van der Waals surface area contributed by atoms with E-state index < -0.39 is 18.2 Å². The van der Waals surface area contributed by atoms with Crippen molar-refractivity contribution in [3.05, 3.63) is 33.7 Å². The second kappa shape index (κ2) is 3.43. The first kappa shape index (κ1) is 9.79. The number of fused-ring (bicyclic) bond motifs is 1. The lowest BCUT2D eigenvalue weighted by molar-refractivity contribution is -0.137. The molecule has 0 aliphatic carbocycles. The predicted molar refractivity (Wildman–Crippen MR) is 55.2 cm³/mol. The molecule has 1 aromatic carbocycles. The van der Waals surface area contributed by atoms with E-state index in [0.29, 0.717) is 16.1 Å². The molecular formula is C9H7ClN2O3. The van der Waals surface area contributed by atoms with E-state index in [-0.39, 0.29) is 0 Å². The molecule has 15 heavy (non-hydrogen) atoms. The fraction of sp³-hybridized carbons (Fsp3) is 0.111. The van der Waals surface area contributed by atoms with Gasteiger partial charge >= 0.3 is 11.7 Å². The molecule has 2 rings (SSSR count). The summed E-state index contributed by atoms with van der Waals surface area (Å²) in [6, 6.07) is 4.96. The Morgan fingerprint density at radius 1 is 1.53 bits per heavy atom. The second-order valence-corrected chi connectivity index (χ2v) is 3.45. The number of nitrogens with one attached hydrogen (secondary N) is 1. The van der Waals surface area contributed by atoms with E-state index in [1.165, 1.54) is 0 Å². The summed E-state index contributed by atoms with van der Waals surface area (Å²) >= 11 is 5.89. The Kier molecular flexibility index (Phi) is 2.24. The quantitative estimate of drug-likeness (QED) is 0.804. The third-order valence-electron chi connectivity index (χ3n) is 2.04. The van der Waals surface area contributed by atoms with Crippen LogP contribution in [-0.2, 0) is 11.3 Å². The van der Waals surface area contributed by atoms with Gasteiger partial charge in [-0.25, -0.2) is 4.79 Å². The van der Waals surface area contributed by atoms with Gasteiger partial charge in [-0.15, -0.1) is 0 Å². The number of nitrogens with zero attached hydrogens (tertiary/aromatic N) is 1. The van der Waals surface area contributed by atoms with Gasteiger partial charge in [0.15, 0.2) is 0 Å². The van der Waals surface area contributed by atoms with E-state index in [9.17, 15) is 9.59 Å². The Labute approximate surface area is 88.9 Å². The van der Waals surface area contributed by atoms with Gasteiger partial charge in [0.25, 0.3) is 0 Å². The molecule has 0 unspecified atom stereocenters. The van der Waals surface area contributed by atoms with Crippen molar-refractivity contribution in [1.82, 2.24) is 9.55 Å². The number of rotatable bonds is 2. The Morgan fingerprint density at radius 3 is 2.93 bits per heavy atom. The SMILES string of the molecule is O=C(O)Cn1c(=O)[nH]c2cccc(Cl)c21. The largest absolute Gasteiger partial charge is 0.480 e. The number of hydrogen-bond acceptors (Lipinski definition) is 2. The van der Waals surface area contributed by atoms with Crippen LogP contribution in [0.5, 0.6) is 0 Å². The molecule has 2 aromatic rings. The predicted octanol–water partition coefficient (Wildman–Crippen LogP) is 1.07. The van der Waals surface area contributed by atoms with E-state index in [2.05, 4.69) is 4.98 Å². The summed E-state index contributed by atoms with van der Waals surface area (Å²) in [7, 11) is 0. The minimum Gasteiger partial charge on any atom is -0.480 e. The minimum absolute atomic E-state index is 0.354. The van der Waals surface area contributed by atoms with Crippen molar-refractivity contribution >= 4 is 28.6 Å². The number of aromatic nitrogens is 2. The number of aromatic amines is 1. The van der Waals surface area contributed by atoms with Crippen molar-refractivity contribution in [1.29, 1.82) is 0 Å². The molecule has 0 aliphatic heterocycles. The number of halogens is 1. The van der Waals surface area contributed by atoms with Crippen LogP contribution in [0.3, 0.4) is 0 Å². The fourth-order valence-electron chi connectivity index (χ4n) is 1.46. The average molecular weight is 227 g/mol. The topological polar surface area (TPSA) is 75.1 Å². The Bertz CT molecular complexity index is 585. The van der Waals surface area contributed by atoms with Gasteiger partial charge in [0.2, 0.25) is 0 Å². The van der Waals surface area contributed by atoms with Gasteiger partial charge in [-0.1, -0.05) is 17.7 Å². The zero-order chi connectivity index (χ0) is 11.0. The number of carboxylic acid groups (broad SMARTS) is 1. The highest BCUT2D eigenvalue weighted by Gasteiger charge is 2.11. The van der Waals surface area contributed by atoms with Crippen LogP contribution in [0.1, 0.15) is 0 Å². The molecule has 0 saturated carbocycles. The number of para-hydroxylation sites is 1. The standard InChI is InChI=1S/C9H7ClN2O3/c10-5-2-1-3-6-8(5)12(4-7(13)14)9(15)11-6/h1-3H,4H2,(H,11,15)(H,13,14). The average Bonchev–Trinajstić information content (AvgIpc) is 2.43. The van der Waals surface area contributed by atoms with Gasteiger partial charge in [-0.3, -0.25) is 9.36 Å². The number of carboxylic acids is 1. The van der Waals surface area contributed by atoms with Crippen molar-refractivity contribution in [2.75, 3.05) is 0 Å². The van der Waals surface area contributed by atoms with Gasteiger partial charge in [0, 0.05) is 0 Å². The molecule has 0 saturated heterocycles. The summed E-state index contributed by atoms with van der Waals surface area (Å²) in [5, 5.41) is 9.00. The zero-order valence-electron chi connectivity index (χ0n) is 7.53. The lowest BCUT2D eigenvalue weighted by Crippen LogP contribution is -2.21. The van der Waals surface area contributed by atoms with Crippen LogP contribution in [0.4, 0.5) is 0 Å². The molecule has 2 N–H and O–H groups in total. The first-order valence-electron chi connectivity index (χ1n) is 4.18. The minimum atomic E-state index is -1.09. The van der Waals surface area contributed by atoms with Crippen LogP contribution >= 0.6 is 11.6 Å². The van der Waals surface area contributed by atoms with E-state index in [0.717, 1.165) is 4.57 Å². The van der Waals surface area contributed by atoms with E-state index in [1.807, 2.05) is 0 Å². The third kappa shape index (κ3) is 1.61. The highest BCUT2D eigenvalue weighted by molar-refractivity contribution is 6.35. The van der Waals surface area contributed by atoms with Crippen LogP contribution in [-0.4, -0.2) is 20.6 Å². The normalized spacial score (nSPS) is 10.7.